The van der Waals surface area contributed by atoms with E-state index in [2.05, 4.69) is 31.1 Å². The molecule has 1 heterocycles. The minimum absolute atomic E-state index is 0.0228. The second-order valence-electron chi connectivity index (χ2n) is 4.57. The van der Waals surface area contributed by atoms with E-state index in [4.69, 9.17) is 0 Å². The van der Waals surface area contributed by atoms with E-state index in [9.17, 15) is 4.79 Å². The molecule has 0 aliphatic carbocycles. The van der Waals surface area contributed by atoms with Crippen LogP contribution in [-0.2, 0) is 10.2 Å². The number of nitrogens with zero attached hydrogens (tertiary/aromatic N) is 1. The Hall–Kier alpha value is -0.900. The van der Waals surface area contributed by atoms with Crippen molar-refractivity contribution in [1.82, 2.24) is 4.98 Å². The maximum atomic E-state index is 11.3. The molecule has 16 heavy (non-hydrogen) atoms. The van der Waals surface area contributed by atoms with Crippen molar-refractivity contribution in [2.45, 2.75) is 52.9 Å². The summed E-state index contributed by atoms with van der Waals surface area (Å²) in [5.74, 6) is 0.0228. The first-order chi connectivity index (χ1) is 7.40. The Kier molecular flexibility index (Phi) is 4.08. The third-order valence-electron chi connectivity index (χ3n) is 2.86. The van der Waals surface area contributed by atoms with Crippen molar-refractivity contribution in [2.24, 2.45) is 0 Å². The van der Waals surface area contributed by atoms with E-state index in [0.29, 0.717) is 6.42 Å². The fourth-order valence-corrected chi connectivity index (χ4v) is 2.60. The number of aryl methyl sites for hydroxylation is 1. The second-order valence-corrected chi connectivity index (χ2v) is 5.57. The van der Waals surface area contributed by atoms with Crippen LogP contribution in [0.3, 0.4) is 0 Å². The second kappa shape index (κ2) is 4.95. The third kappa shape index (κ3) is 2.82. The summed E-state index contributed by atoms with van der Waals surface area (Å²) >= 11 is 1.59. The number of rotatable bonds is 4. The largest absolute Gasteiger partial charge is 0.302 e. The molecule has 0 bridgehead atoms. The van der Waals surface area contributed by atoms with Crippen LogP contribution in [0.1, 0.15) is 51.1 Å². The summed E-state index contributed by atoms with van der Waals surface area (Å²) < 4.78 is 0. The lowest BCUT2D eigenvalue weighted by Crippen LogP contribution is -2.14. The molecule has 1 amide bonds. The maximum Gasteiger partial charge on any atom is 0.225 e. The van der Waals surface area contributed by atoms with Gasteiger partial charge >= 0.3 is 0 Å². The van der Waals surface area contributed by atoms with Crippen molar-refractivity contribution in [3.8, 4) is 0 Å². The molecule has 1 aromatic rings. The summed E-state index contributed by atoms with van der Waals surface area (Å²) in [5.41, 5.74) is 1.17. The molecule has 0 aliphatic heterocycles. The molecule has 1 N–H and O–H groups in total. The van der Waals surface area contributed by atoms with Crippen LogP contribution in [-0.4, -0.2) is 10.9 Å². The Morgan fingerprint density at radius 3 is 2.56 bits per heavy atom. The summed E-state index contributed by atoms with van der Waals surface area (Å²) in [4.78, 5) is 16.9. The van der Waals surface area contributed by atoms with Gasteiger partial charge in [0.1, 0.15) is 0 Å². The molecule has 90 valence electrons. The van der Waals surface area contributed by atoms with Gasteiger partial charge in [-0.2, -0.15) is 0 Å². The molecule has 0 spiro atoms. The molecule has 1 aromatic heterocycles. The number of carbonyl (C=O) groups is 1. The van der Waals surface area contributed by atoms with Gasteiger partial charge in [0.05, 0.1) is 5.69 Å². The van der Waals surface area contributed by atoms with Crippen LogP contribution in [0, 0.1) is 6.92 Å². The summed E-state index contributed by atoms with van der Waals surface area (Å²) in [6.07, 6.45) is 1.56. The topological polar surface area (TPSA) is 42.0 Å². The van der Waals surface area contributed by atoms with Gasteiger partial charge in [-0.15, -0.1) is 11.3 Å². The minimum atomic E-state index is 0.0228. The van der Waals surface area contributed by atoms with E-state index in [0.717, 1.165) is 17.2 Å². The molecular weight excluding hydrogens is 220 g/mol. The number of thiazole rings is 1. The van der Waals surface area contributed by atoms with Gasteiger partial charge in [0.2, 0.25) is 5.91 Å². The number of nitrogens with one attached hydrogen (secondary N) is 1. The molecule has 0 fully saturated rings. The number of amides is 1. The highest BCUT2D eigenvalue weighted by Crippen LogP contribution is 2.35. The zero-order valence-corrected chi connectivity index (χ0v) is 11.5. The third-order valence-corrected chi connectivity index (χ3v) is 4.30. The van der Waals surface area contributed by atoms with Gasteiger partial charge in [-0.1, -0.05) is 27.7 Å². The van der Waals surface area contributed by atoms with E-state index >= 15 is 0 Å². The van der Waals surface area contributed by atoms with Crippen molar-refractivity contribution in [3.05, 3.63) is 10.6 Å². The summed E-state index contributed by atoms with van der Waals surface area (Å²) in [7, 11) is 0. The summed E-state index contributed by atoms with van der Waals surface area (Å²) in [5, 5.41) is 3.54. The van der Waals surface area contributed by atoms with E-state index in [1.807, 2.05) is 13.8 Å². The zero-order valence-electron chi connectivity index (χ0n) is 10.7. The highest BCUT2D eigenvalue weighted by molar-refractivity contribution is 7.16. The molecule has 0 unspecified atom stereocenters. The van der Waals surface area contributed by atoms with Crippen LogP contribution in [0.4, 0.5) is 5.13 Å². The van der Waals surface area contributed by atoms with Crippen LogP contribution in [0.15, 0.2) is 0 Å². The predicted octanol–water partition coefficient (Wildman–Crippen LogP) is 3.49. The average Bonchev–Trinajstić information content (AvgIpc) is 2.60. The van der Waals surface area contributed by atoms with Gasteiger partial charge < -0.3 is 5.32 Å². The lowest BCUT2D eigenvalue weighted by atomic mass is 9.88. The van der Waals surface area contributed by atoms with Gasteiger partial charge in [0, 0.05) is 16.7 Å². The normalized spacial score (nSPS) is 11.6. The first-order valence-corrected chi connectivity index (χ1v) is 6.50. The van der Waals surface area contributed by atoms with Gasteiger partial charge in [-0.25, -0.2) is 4.98 Å². The maximum absolute atomic E-state index is 11.3. The molecule has 0 radical (unpaired) electrons. The molecule has 1 rings (SSSR count). The number of hydrogen-bond acceptors (Lipinski definition) is 3. The average molecular weight is 240 g/mol. The van der Waals surface area contributed by atoms with Gasteiger partial charge in [0.25, 0.3) is 0 Å². The smallest absolute Gasteiger partial charge is 0.225 e. The molecule has 3 nitrogen and oxygen atoms in total. The fourth-order valence-electron chi connectivity index (χ4n) is 1.45. The Balaban J connectivity index is 2.94. The Morgan fingerprint density at radius 2 is 2.06 bits per heavy atom. The molecule has 0 atom stereocenters. The SMILES string of the molecule is CCC(=O)Nc1nc(C)c(C(C)(C)CC)s1. The van der Waals surface area contributed by atoms with Crippen molar-refractivity contribution in [2.75, 3.05) is 5.32 Å². The van der Waals surface area contributed by atoms with Crippen LogP contribution >= 0.6 is 11.3 Å². The van der Waals surface area contributed by atoms with Crippen LogP contribution in [0.5, 0.6) is 0 Å². The molecular formula is C12H20N2OS. The quantitative estimate of drug-likeness (QED) is 0.875. The first kappa shape index (κ1) is 13.2. The van der Waals surface area contributed by atoms with Crippen LogP contribution in [0.2, 0.25) is 0 Å². The Morgan fingerprint density at radius 1 is 1.44 bits per heavy atom. The fraction of sp³-hybridized carbons (Fsp3) is 0.667. The minimum Gasteiger partial charge on any atom is -0.302 e. The number of aromatic nitrogens is 1. The first-order valence-electron chi connectivity index (χ1n) is 5.68. The highest BCUT2D eigenvalue weighted by atomic mass is 32.1. The Labute approximate surface area is 101 Å². The van der Waals surface area contributed by atoms with E-state index < -0.39 is 0 Å². The van der Waals surface area contributed by atoms with Crippen LogP contribution < -0.4 is 5.32 Å². The van der Waals surface area contributed by atoms with E-state index in [1.165, 1.54) is 4.88 Å². The van der Waals surface area contributed by atoms with Crippen molar-refractivity contribution in [1.29, 1.82) is 0 Å². The van der Waals surface area contributed by atoms with Crippen molar-refractivity contribution in [3.63, 3.8) is 0 Å². The van der Waals surface area contributed by atoms with Crippen LogP contribution in [0.25, 0.3) is 0 Å². The lowest BCUT2D eigenvalue weighted by molar-refractivity contribution is -0.115. The van der Waals surface area contributed by atoms with E-state index in [-0.39, 0.29) is 11.3 Å². The number of hydrogen-bond donors (Lipinski definition) is 1. The highest BCUT2D eigenvalue weighted by Gasteiger charge is 2.24. The molecule has 0 saturated carbocycles. The lowest BCUT2D eigenvalue weighted by Gasteiger charge is -2.21. The summed E-state index contributed by atoms with van der Waals surface area (Å²) in [6, 6.07) is 0. The zero-order chi connectivity index (χ0) is 12.3. The molecule has 0 aliphatic rings. The summed E-state index contributed by atoms with van der Waals surface area (Å²) in [6.45, 7) is 10.4. The van der Waals surface area contributed by atoms with E-state index in [1.54, 1.807) is 11.3 Å². The molecule has 4 heteroatoms. The Bertz CT molecular complexity index is 382. The monoisotopic (exact) mass is 240 g/mol. The van der Waals surface area contributed by atoms with Gasteiger partial charge in [-0.3, -0.25) is 4.79 Å². The van der Waals surface area contributed by atoms with Gasteiger partial charge in [-0.05, 0) is 13.3 Å². The van der Waals surface area contributed by atoms with Crippen molar-refractivity contribution < 1.29 is 4.79 Å². The van der Waals surface area contributed by atoms with Gasteiger partial charge in [0.15, 0.2) is 5.13 Å². The number of carbonyl (C=O) groups excluding carboxylic acids is 1. The standard InChI is InChI=1S/C12H20N2OS/c1-6-9(15)14-11-13-8(3)10(16-11)12(4,5)7-2/h6-7H2,1-5H3,(H,13,14,15). The molecule has 0 aromatic carbocycles. The number of anilines is 1. The molecule has 0 saturated heterocycles. The van der Waals surface area contributed by atoms with Crippen molar-refractivity contribution >= 4 is 22.4 Å². The predicted molar refractivity (Wildman–Crippen MR) is 69.1 cm³/mol.